The molecule has 2 fully saturated rings. The van der Waals surface area contributed by atoms with Crippen LogP contribution in [0.2, 0.25) is 0 Å². The Kier molecular flexibility index (Phi) is 5.84. The maximum atomic E-state index is 12.5. The lowest BCUT2D eigenvalue weighted by Crippen LogP contribution is -2.49. The maximum Gasteiger partial charge on any atom is 0.241 e. The highest BCUT2D eigenvalue weighted by Crippen LogP contribution is 2.17. The van der Waals surface area contributed by atoms with Gasteiger partial charge < -0.3 is 13.8 Å². The zero-order valence-electron chi connectivity index (χ0n) is 15.7. The zero-order valence-corrected chi connectivity index (χ0v) is 15.7. The monoisotopic (exact) mass is 373 g/mol. The van der Waals surface area contributed by atoms with Gasteiger partial charge >= 0.3 is 0 Å². The second-order valence-electron chi connectivity index (χ2n) is 7.34. The number of hydrogen-bond donors (Lipinski definition) is 0. The van der Waals surface area contributed by atoms with Gasteiger partial charge in [0.15, 0.2) is 5.76 Å². The predicted molar refractivity (Wildman–Crippen MR) is 98.8 cm³/mol. The summed E-state index contributed by atoms with van der Waals surface area (Å²) >= 11 is 0. The second kappa shape index (κ2) is 8.67. The summed E-state index contributed by atoms with van der Waals surface area (Å²) in [6.07, 6.45) is 6.38. The Bertz CT molecular complexity index is 714. The van der Waals surface area contributed by atoms with Crippen LogP contribution in [0.5, 0.6) is 0 Å². The van der Waals surface area contributed by atoms with Crippen LogP contribution in [0.15, 0.2) is 27.3 Å². The van der Waals surface area contributed by atoms with Crippen molar-refractivity contribution in [2.45, 2.75) is 32.2 Å². The van der Waals surface area contributed by atoms with Crippen molar-refractivity contribution in [3.8, 4) is 11.6 Å². The molecule has 0 aromatic carbocycles. The van der Waals surface area contributed by atoms with Gasteiger partial charge in [0, 0.05) is 39.3 Å². The molecule has 0 aliphatic carbocycles. The standard InChI is InChI=1S/C19H27N5O3/c25-18(24-7-3-1-2-4-8-24)15-23-11-9-22(10-12-23)14-17-20-19(21-27-17)16-6-5-13-26-16/h5-6,13H,1-4,7-12,14-15H2. The van der Waals surface area contributed by atoms with E-state index in [4.69, 9.17) is 8.94 Å². The van der Waals surface area contributed by atoms with E-state index in [0.717, 1.165) is 52.1 Å². The Balaban J connectivity index is 1.22. The van der Waals surface area contributed by atoms with Gasteiger partial charge in [0.05, 0.1) is 19.4 Å². The van der Waals surface area contributed by atoms with E-state index in [0.29, 0.717) is 30.6 Å². The molecule has 2 aliphatic heterocycles. The second-order valence-corrected chi connectivity index (χ2v) is 7.34. The number of likely N-dealkylation sites (tertiary alicyclic amines) is 1. The largest absolute Gasteiger partial charge is 0.461 e. The molecule has 1 amide bonds. The zero-order chi connectivity index (χ0) is 18.5. The molecule has 0 unspecified atom stereocenters. The molecule has 0 atom stereocenters. The fourth-order valence-electron chi connectivity index (χ4n) is 3.73. The molecule has 0 N–H and O–H groups in total. The normalized spacial score (nSPS) is 19.9. The van der Waals surface area contributed by atoms with E-state index in [-0.39, 0.29) is 5.91 Å². The molecule has 4 heterocycles. The lowest BCUT2D eigenvalue weighted by molar-refractivity contribution is -0.132. The van der Waals surface area contributed by atoms with Crippen molar-refractivity contribution in [2.75, 3.05) is 45.8 Å². The van der Waals surface area contributed by atoms with Crippen molar-refractivity contribution in [3.63, 3.8) is 0 Å². The van der Waals surface area contributed by atoms with E-state index in [1.807, 2.05) is 11.0 Å². The number of carbonyl (C=O) groups excluding carboxylic acids is 1. The van der Waals surface area contributed by atoms with Gasteiger partial charge in [0.2, 0.25) is 17.6 Å². The summed E-state index contributed by atoms with van der Waals surface area (Å²) in [5.74, 6) is 1.97. The first-order valence-corrected chi connectivity index (χ1v) is 9.87. The Morgan fingerprint density at radius 3 is 2.44 bits per heavy atom. The molecule has 27 heavy (non-hydrogen) atoms. The number of piperazine rings is 1. The molecule has 0 spiro atoms. The number of amides is 1. The molecular weight excluding hydrogens is 346 g/mol. The number of carbonyl (C=O) groups is 1. The van der Waals surface area contributed by atoms with Crippen LogP contribution in [0.3, 0.4) is 0 Å². The van der Waals surface area contributed by atoms with Crippen LogP contribution in [0.1, 0.15) is 31.6 Å². The van der Waals surface area contributed by atoms with Crippen molar-refractivity contribution in [2.24, 2.45) is 0 Å². The number of hydrogen-bond acceptors (Lipinski definition) is 7. The molecular formula is C19H27N5O3. The first-order valence-electron chi connectivity index (χ1n) is 9.87. The van der Waals surface area contributed by atoms with Gasteiger partial charge in [0.1, 0.15) is 0 Å². The smallest absolute Gasteiger partial charge is 0.241 e. The van der Waals surface area contributed by atoms with Crippen molar-refractivity contribution in [1.82, 2.24) is 24.8 Å². The average Bonchev–Trinajstić information content (AvgIpc) is 3.29. The highest BCUT2D eigenvalue weighted by atomic mass is 16.5. The third-order valence-corrected chi connectivity index (χ3v) is 5.35. The molecule has 8 heteroatoms. The third kappa shape index (κ3) is 4.75. The fraction of sp³-hybridized carbons (Fsp3) is 0.632. The summed E-state index contributed by atoms with van der Waals surface area (Å²) in [4.78, 5) is 23.5. The van der Waals surface area contributed by atoms with E-state index in [9.17, 15) is 4.79 Å². The van der Waals surface area contributed by atoms with Gasteiger partial charge in [-0.25, -0.2) is 0 Å². The highest BCUT2D eigenvalue weighted by molar-refractivity contribution is 5.78. The Hall–Kier alpha value is -2.19. The SMILES string of the molecule is O=C(CN1CCN(Cc2nc(-c3ccco3)no2)CC1)N1CCCCCC1. The molecule has 146 valence electrons. The summed E-state index contributed by atoms with van der Waals surface area (Å²) in [6.45, 7) is 6.58. The van der Waals surface area contributed by atoms with E-state index in [2.05, 4.69) is 19.9 Å². The molecule has 0 radical (unpaired) electrons. The minimum atomic E-state index is 0.283. The lowest BCUT2D eigenvalue weighted by Gasteiger charge is -2.34. The predicted octanol–water partition coefficient (Wildman–Crippen LogP) is 1.85. The lowest BCUT2D eigenvalue weighted by atomic mass is 10.2. The van der Waals surface area contributed by atoms with Gasteiger partial charge in [-0.05, 0) is 25.0 Å². The van der Waals surface area contributed by atoms with Crippen molar-refractivity contribution in [1.29, 1.82) is 0 Å². The highest BCUT2D eigenvalue weighted by Gasteiger charge is 2.23. The van der Waals surface area contributed by atoms with Crippen LogP contribution < -0.4 is 0 Å². The summed E-state index contributed by atoms with van der Waals surface area (Å²) in [6, 6.07) is 3.62. The van der Waals surface area contributed by atoms with Gasteiger partial charge in [-0.15, -0.1) is 0 Å². The summed E-state index contributed by atoms with van der Waals surface area (Å²) < 4.78 is 10.6. The number of aromatic nitrogens is 2. The van der Waals surface area contributed by atoms with Crippen LogP contribution >= 0.6 is 0 Å². The van der Waals surface area contributed by atoms with E-state index < -0.39 is 0 Å². The Morgan fingerprint density at radius 1 is 1.00 bits per heavy atom. The number of nitrogens with zero attached hydrogens (tertiary/aromatic N) is 5. The molecule has 2 aromatic heterocycles. The molecule has 2 aliphatic rings. The average molecular weight is 373 g/mol. The summed E-state index contributed by atoms with van der Waals surface area (Å²) in [5, 5.41) is 3.97. The van der Waals surface area contributed by atoms with Gasteiger partial charge in [-0.1, -0.05) is 18.0 Å². The van der Waals surface area contributed by atoms with Crippen LogP contribution in [-0.4, -0.2) is 76.6 Å². The first kappa shape index (κ1) is 18.2. The Labute approximate surface area is 159 Å². The van der Waals surface area contributed by atoms with Crippen molar-refractivity contribution >= 4 is 5.91 Å². The minimum absolute atomic E-state index is 0.283. The van der Waals surface area contributed by atoms with Gasteiger partial charge in [-0.3, -0.25) is 14.6 Å². The van der Waals surface area contributed by atoms with Crippen LogP contribution in [-0.2, 0) is 11.3 Å². The third-order valence-electron chi connectivity index (χ3n) is 5.35. The molecule has 4 rings (SSSR count). The number of furan rings is 1. The topological polar surface area (TPSA) is 78.9 Å². The quantitative estimate of drug-likeness (QED) is 0.791. The molecule has 8 nitrogen and oxygen atoms in total. The molecule has 2 aromatic rings. The minimum Gasteiger partial charge on any atom is -0.461 e. The van der Waals surface area contributed by atoms with Crippen LogP contribution in [0, 0.1) is 0 Å². The summed E-state index contributed by atoms with van der Waals surface area (Å²) in [5.41, 5.74) is 0. The van der Waals surface area contributed by atoms with Crippen LogP contribution in [0.25, 0.3) is 11.6 Å². The number of rotatable bonds is 5. The van der Waals surface area contributed by atoms with E-state index in [1.165, 1.54) is 12.8 Å². The van der Waals surface area contributed by atoms with Crippen molar-refractivity contribution < 1.29 is 13.7 Å². The van der Waals surface area contributed by atoms with E-state index in [1.54, 1.807) is 12.3 Å². The molecule has 0 bridgehead atoms. The Morgan fingerprint density at radius 2 is 1.74 bits per heavy atom. The first-order chi connectivity index (χ1) is 13.3. The van der Waals surface area contributed by atoms with Crippen molar-refractivity contribution in [3.05, 3.63) is 24.3 Å². The van der Waals surface area contributed by atoms with Gasteiger partial charge in [0.25, 0.3) is 0 Å². The van der Waals surface area contributed by atoms with Gasteiger partial charge in [-0.2, -0.15) is 4.98 Å². The molecule has 0 saturated carbocycles. The van der Waals surface area contributed by atoms with Crippen LogP contribution in [0.4, 0.5) is 0 Å². The molecule has 2 saturated heterocycles. The summed E-state index contributed by atoms with van der Waals surface area (Å²) in [7, 11) is 0. The maximum absolute atomic E-state index is 12.5. The van der Waals surface area contributed by atoms with E-state index >= 15 is 0 Å². The fourth-order valence-corrected chi connectivity index (χ4v) is 3.73.